The van der Waals surface area contributed by atoms with E-state index < -0.39 is 72.1 Å². The van der Waals surface area contributed by atoms with Gasteiger partial charge in [0.15, 0.2) is 11.6 Å². The first-order chi connectivity index (χ1) is 19.7. The van der Waals surface area contributed by atoms with Gasteiger partial charge in [-0.25, -0.2) is 9.18 Å². The van der Waals surface area contributed by atoms with Gasteiger partial charge in [-0.05, 0) is 73.4 Å². The number of aliphatic hydroxyl groups excluding tert-OH is 2. The summed E-state index contributed by atoms with van der Waals surface area (Å²) in [7, 11) is 3.43. The van der Waals surface area contributed by atoms with Crippen molar-refractivity contribution in [2.24, 2.45) is 17.6 Å². The first-order valence-electron chi connectivity index (χ1n) is 13.4. The van der Waals surface area contributed by atoms with Crippen molar-refractivity contribution in [1.29, 1.82) is 0 Å². The smallest absolute Gasteiger partial charge is 0.323 e. The summed E-state index contributed by atoms with van der Waals surface area (Å²) < 4.78 is 13.6. The second-order valence-corrected chi connectivity index (χ2v) is 10.9. The number of nitrogens with zero attached hydrogens (tertiary/aromatic N) is 1. The maximum atomic E-state index is 13.6. The number of hydrogen-bond acceptors (Lipinski definition) is 9. The van der Waals surface area contributed by atoms with Gasteiger partial charge in [-0.2, -0.15) is 0 Å². The molecule has 2 aromatic carbocycles. The third-order valence-corrected chi connectivity index (χ3v) is 7.60. The standard InChI is InChI=1S/C29H37FN4O8/c1-15-8-18(4-5-20(15)30)32-28(41)33-21-12-22(34(2)3)19-10-16(11-23(37)26(19)27(21)40)9-17(6-7-35)29(42,14-36)24(38)13-25(31)39/h4-5,8,12,16-17,35-36,40,42H,6-7,9-11,13-14H2,1-3H3,(H2,31,39)(H2,32,33,41)/t16-,17-,29-/m1/s1. The van der Waals surface area contributed by atoms with E-state index in [-0.39, 0.29) is 36.9 Å². The maximum Gasteiger partial charge on any atom is 0.323 e. The number of nitrogens with two attached hydrogens (primary N) is 1. The molecule has 0 spiro atoms. The molecule has 0 aromatic heterocycles. The van der Waals surface area contributed by atoms with Crippen LogP contribution in [0.4, 0.5) is 26.2 Å². The Kier molecular flexibility index (Phi) is 10.3. The van der Waals surface area contributed by atoms with Crippen molar-refractivity contribution in [3.05, 3.63) is 46.8 Å². The fourth-order valence-corrected chi connectivity index (χ4v) is 5.46. The number of ketones is 2. The van der Waals surface area contributed by atoms with E-state index in [0.29, 0.717) is 22.5 Å². The Morgan fingerprint density at radius 3 is 2.43 bits per heavy atom. The molecule has 1 aliphatic rings. The number of benzene rings is 2. The minimum absolute atomic E-state index is 0.0197. The molecular formula is C29H37FN4O8. The number of amides is 3. The number of aromatic hydroxyl groups is 1. The molecule has 0 aliphatic heterocycles. The van der Waals surface area contributed by atoms with Crippen LogP contribution in [0, 0.1) is 24.6 Å². The van der Waals surface area contributed by atoms with Crippen molar-refractivity contribution in [3.8, 4) is 5.75 Å². The average Bonchev–Trinajstić information content (AvgIpc) is 2.90. The SMILES string of the molecule is Cc1cc(NC(=O)Nc2cc(N(C)C)c3c(c2O)C(=O)C[C@H](C[C@@H](CCO)[C@](O)(CO)C(=O)CC(N)=O)C3)ccc1F. The van der Waals surface area contributed by atoms with Gasteiger partial charge in [0.1, 0.15) is 17.2 Å². The summed E-state index contributed by atoms with van der Waals surface area (Å²) in [6.07, 6.45) is -0.701. The van der Waals surface area contributed by atoms with E-state index in [1.165, 1.54) is 24.3 Å². The predicted octanol–water partition coefficient (Wildman–Crippen LogP) is 1.85. The van der Waals surface area contributed by atoms with Crippen LogP contribution >= 0.6 is 0 Å². The highest BCUT2D eigenvalue weighted by Gasteiger charge is 2.45. The van der Waals surface area contributed by atoms with E-state index in [2.05, 4.69) is 10.6 Å². The van der Waals surface area contributed by atoms with Crippen LogP contribution in [0.3, 0.4) is 0 Å². The number of aryl methyl sites for hydroxylation is 1. The molecule has 0 saturated heterocycles. The number of carbonyl (C=O) groups excluding carboxylic acids is 4. The third kappa shape index (κ3) is 7.04. The number of carbonyl (C=O) groups is 4. The third-order valence-electron chi connectivity index (χ3n) is 7.60. The summed E-state index contributed by atoms with van der Waals surface area (Å²) in [4.78, 5) is 51.7. The van der Waals surface area contributed by atoms with Crippen LogP contribution in [0.25, 0.3) is 0 Å². The molecule has 0 fully saturated rings. The van der Waals surface area contributed by atoms with E-state index in [9.17, 15) is 44.0 Å². The topological polar surface area (TPSA) is 203 Å². The first-order valence-corrected chi connectivity index (χ1v) is 13.4. The molecule has 228 valence electrons. The molecule has 3 amide bonds. The molecule has 8 N–H and O–H groups in total. The van der Waals surface area contributed by atoms with Gasteiger partial charge in [0.25, 0.3) is 0 Å². The molecule has 2 aromatic rings. The van der Waals surface area contributed by atoms with Crippen molar-refractivity contribution >= 4 is 40.6 Å². The van der Waals surface area contributed by atoms with Gasteiger partial charge in [0, 0.05) is 38.5 Å². The number of urea groups is 1. The number of halogens is 1. The van der Waals surface area contributed by atoms with Gasteiger partial charge < -0.3 is 41.7 Å². The highest BCUT2D eigenvalue weighted by molar-refractivity contribution is 6.08. The molecule has 42 heavy (non-hydrogen) atoms. The molecule has 0 heterocycles. The Hall–Kier alpha value is -4.07. The van der Waals surface area contributed by atoms with Crippen LogP contribution in [0.5, 0.6) is 5.75 Å². The molecule has 1 aliphatic carbocycles. The van der Waals surface area contributed by atoms with Crippen LogP contribution < -0.4 is 21.3 Å². The van der Waals surface area contributed by atoms with Crippen molar-refractivity contribution in [3.63, 3.8) is 0 Å². The number of fused-ring (bicyclic) bond motifs is 1. The van der Waals surface area contributed by atoms with E-state index >= 15 is 0 Å². The molecule has 13 heteroatoms. The number of rotatable bonds is 12. The molecule has 3 atom stereocenters. The minimum atomic E-state index is -2.35. The fourth-order valence-electron chi connectivity index (χ4n) is 5.46. The lowest BCUT2D eigenvalue weighted by Crippen LogP contribution is -2.51. The van der Waals surface area contributed by atoms with Crippen LogP contribution in [-0.2, 0) is 16.0 Å². The zero-order valence-electron chi connectivity index (χ0n) is 23.7. The summed E-state index contributed by atoms with van der Waals surface area (Å²) in [6.45, 7) is 0.122. The van der Waals surface area contributed by atoms with Gasteiger partial charge >= 0.3 is 6.03 Å². The van der Waals surface area contributed by atoms with E-state index in [0.717, 1.165) is 0 Å². The molecule has 0 bridgehead atoms. The summed E-state index contributed by atoms with van der Waals surface area (Å²) >= 11 is 0. The van der Waals surface area contributed by atoms with Gasteiger partial charge in [-0.3, -0.25) is 14.4 Å². The van der Waals surface area contributed by atoms with Gasteiger partial charge in [0.05, 0.1) is 24.3 Å². The fraction of sp³-hybridized carbons (Fsp3) is 0.448. The number of nitrogens with one attached hydrogen (secondary N) is 2. The second kappa shape index (κ2) is 13.3. The number of primary amides is 1. The zero-order valence-corrected chi connectivity index (χ0v) is 23.7. The number of hydrogen-bond donors (Lipinski definition) is 7. The Morgan fingerprint density at radius 1 is 1.17 bits per heavy atom. The lowest BCUT2D eigenvalue weighted by atomic mass is 9.71. The van der Waals surface area contributed by atoms with Gasteiger partial charge in [-0.1, -0.05) is 0 Å². The lowest BCUT2D eigenvalue weighted by molar-refractivity contribution is -0.153. The molecule has 3 rings (SSSR count). The van der Waals surface area contributed by atoms with Crippen LogP contribution in [-0.4, -0.2) is 76.8 Å². The Bertz CT molecular complexity index is 1380. The highest BCUT2D eigenvalue weighted by atomic mass is 19.1. The number of aliphatic hydroxyl groups is 3. The summed E-state index contributed by atoms with van der Waals surface area (Å²) in [6, 6.07) is 4.82. The normalized spacial score (nSPS) is 16.6. The predicted molar refractivity (Wildman–Crippen MR) is 153 cm³/mol. The summed E-state index contributed by atoms with van der Waals surface area (Å²) in [5, 5.41) is 46.7. The first kappa shape index (κ1) is 32.4. The molecule has 0 saturated carbocycles. The quantitative estimate of drug-likeness (QED) is 0.143. The largest absolute Gasteiger partial charge is 0.505 e. The number of anilines is 3. The van der Waals surface area contributed by atoms with Crippen molar-refractivity contribution in [2.75, 3.05) is 42.8 Å². The zero-order chi connectivity index (χ0) is 31.4. The summed E-state index contributed by atoms with van der Waals surface area (Å²) in [5.74, 6) is -4.71. The second-order valence-electron chi connectivity index (χ2n) is 10.9. The van der Waals surface area contributed by atoms with Crippen molar-refractivity contribution in [2.45, 2.75) is 44.6 Å². The van der Waals surface area contributed by atoms with Crippen LogP contribution in [0.15, 0.2) is 24.3 Å². The highest BCUT2D eigenvalue weighted by Crippen LogP contribution is 2.44. The Balaban J connectivity index is 1.90. The van der Waals surface area contributed by atoms with E-state index in [1.54, 1.807) is 25.9 Å². The number of phenolic OH excluding ortho intramolecular Hbond substituents is 1. The number of phenols is 1. The number of Topliss-reactive ketones (excluding diaryl/α,β-unsaturated/α-hetero) is 2. The monoisotopic (exact) mass is 588 g/mol. The average molecular weight is 589 g/mol. The minimum Gasteiger partial charge on any atom is -0.505 e. The molecule has 12 nitrogen and oxygen atoms in total. The molecule has 0 unspecified atom stereocenters. The van der Waals surface area contributed by atoms with Crippen LogP contribution in [0.2, 0.25) is 0 Å². The maximum absolute atomic E-state index is 13.6. The lowest BCUT2D eigenvalue weighted by Gasteiger charge is -2.37. The van der Waals surface area contributed by atoms with E-state index in [1.807, 2.05) is 0 Å². The Morgan fingerprint density at radius 2 is 1.86 bits per heavy atom. The van der Waals surface area contributed by atoms with Crippen LogP contribution in [0.1, 0.15) is 47.2 Å². The van der Waals surface area contributed by atoms with E-state index in [4.69, 9.17) is 5.73 Å². The Labute approximate surface area is 242 Å². The van der Waals surface area contributed by atoms with Crippen molar-refractivity contribution in [1.82, 2.24) is 0 Å². The molecular weight excluding hydrogens is 551 g/mol. The summed E-state index contributed by atoms with van der Waals surface area (Å²) in [5.41, 5.74) is 4.41. The molecule has 0 radical (unpaired) electrons. The van der Waals surface area contributed by atoms with Gasteiger partial charge in [-0.15, -0.1) is 0 Å². The van der Waals surface area contributed by atoms with Gasteiger partial charge in [0.2, 0.25) is 5.91 Å². The van der Waals surface area contributed by atoms with Crippen molar-refractivity contribution < 1.29 is 44.0 Å².